The van der Waals surface area contributed by atoms with E-state index < -0.39 is 0 Å². The van der Waals surface area contributed by atoms with E-state index in [2.05, 4.69) is 228 Å². The quantitative estimate of drug-likeness (QED) is 0.162. The summed E-state index contributed by atoms with van der Waals surface area (Å²) in [6.45, 7) is 0. The van der Waals surface area contributed by atoms with Crippen LogP contribution in [0.25, 0.3) is 71.6 Å². The fourth-order valence-electron chi connectivity index (χ4n) is 8.20. The monoisotopic (exact) mass is 688 g/mol. The molecular formula is C52H36N2. The molecule has 0 saturated heterocycles. The molecule has 0 aliphatic carbocycles. The van der Waals surface area contributed by atoms with E-state index in [1.54, 1.807) is 0 Å². The lowest BCUT2D eigenvalue weighted by Crippen LogP contribution is -2.12. The van der Waals surface area contributed by atoms with Crippen LogP contribution in [0.4, 0.5) is 17.1 Å². The Labute approximate surface area is 315 Å². The van der Waals surface area contributed by atoms with E-state index in [1.165, 1.54) is 66.0 Å². The molecule has 0 fully saturated rings. The molecule has 9 aromatic carbocycles. The lowest BCUT2D eigenvalue weighted by atomic mass is 9.90. The highest BCUT2D eigenvalue weighted by Crippen LogP contribution is 2.48. The first kappa shape index (κ1) is 31.6. The zero-order chi connectivity index (χ0) is 35.8. The molecule has 10 rings (SSSR count). The predicted octanol–water partition coefficient (Wildman–Crippen LogP) is 14.4. The van der Waals surface area contributed by atoms with E-state index >= 15 is 0 Å². The molecule has 0 N–H and O–H groups in total. The SMILES string of the molecule is c1ccc(-c2ccc(N(c3ccccc3-c3cccc4cccc(-c5ccccc5)c34)c3cccc4c3c3ccccc3n4-c3ccccc3)cc2)cc1. The number of rotatable bonds is 7. The maximum atomic E-state index is 2.47. The van der Waals surface area contributed by atoms with Crippen LogP contribution in [-0.4, -0.2) is 4.57 Å². The molecule has 0 atom stereocenters. The molecule has 0 unspecified atom stereocenters. The van der Waals surface area contributed by atoms with Crippen molar-refractivity contribution in [3.8, 4) is 39.1 Å². The van der Waals surface area contributed by atoms with Crippen LogP contribution in [-0.2, 0) is 0 Å². The Morgan fingerprint density at radius 2 is 0.852 bits per heavy atom. The van der Waals surface area contributed by atoms with Crippen LogP contribution in [0.3, 0.4) is 0 Å². The lowest BCUT2D eigenvalue weighted by Gasteiger charge is -2.29. The van der Waals surface area contributed by atoms with Crippen molar-refractivity contribution in [1.82, 2.24) is 4.57 Å². The number of aromatic nitrogens is 1. The Bertz CT molecular complexity index is 2900. The highest BCUT2D eigenvalue weighted by molar-refractivity contribution is 6.17. The number of hydrogen-bond acceptors (Lipinski definition) is 1. The molecule has 0 saturated carbocycles. The molecule has 1 heterocycles. The van der Waals surface area contributed by atoms with Gasteiger partial charge in [-0.2, -0.15) is 0 Å². The summed E-state index contributed by atoms with van der Waals surface area (Å²) in [6.07, 6.45) is 0. The summed E-state index contributed by atoms with van der Waals surface area (Å²) in [4.78, 5) is 2.47. The van der Waals surface area contributed by atoms with Crippen molar-refractivity contribution >= 4 is 49.6 Å². The van der Waals surface area contributed by atoms with Gasteiger partial charge in [0, 0.05) is 27.7 Å². The third-order valence-electron chi connectivity index (χ3n) is 10.6. The number of hydrogen-bond donors (Lipinski definition) is 0. The molecule has 2 heteroatoms. The number of fused-ring (bicyclic) bond motifs is 4. The second-order valence-electron chi connectivity index (χ2n) is 13.7. The van der Waals surface area contributed by atoms with Gasteiger partial charge in [0.05, 0.1) is 22.4 Å². The fraction of sp³-hybridized carbons (Fsp3) is 0. The molecule has 54 heavy (non-hydrogen) atoms. The van der Waals surface area contributed by atoms with Crippen molar-refractivity contribution in [1.29, 1.82) is 0 Å². The third-order valence-corrected chi connectivity index (χ3v) is 10.6. The van der Waals surface area contributed by atoms with Gasteiger partial charge >= 0.3 is 0 Å². The molecule has 10 aromatic rings. The minimum absolute atomic E-state index is 1.09. The first-order valence-electron chi connectivity index (χ1n) is 18.5. The first-order chi connectivity index (χ1) is 26.8. The standard InChI is InChI=1S/C52H36N2/c1-4-17-37(18-5-1)38-33-35-42(36-34-38)54(50-32-16-31-49-52(50)46-26-11-13-30-48(46)53(49)41-23-8-3-9-24-41)47-29-12-10-25-44(47)45-28-15-22-40-21-14-27-43(51(40)45)39-19-6-2-7-20-39/h1-36H. The Balaban J connectivity index is 1.27. The van der Waals surface area contributed by atoms with Gasteiger partial charge in [-0.3, -0.25) is 0 Å². The van der Waals surface area contributed by atoms with E-state index in [9.17, 15) is 0 Å². The molecule has 0 amide bonds. The van der Waals surface area contributed by atoms with Gasteiger partial charge in [-0.25, -0.2) is 0 Å². The van der Waals surface area contributed by atoms with Gasteiger partial charge in [0.25, 0.3) is 0 Å². The number of benzene rings is 9. The first-order valence-corrected chi connectivity index (χ1v) is 18.5. The van der Waals surface area contributed by atoms with Crippen LogP contribution >= 0.6 is 0 Å². The average Bonchev–Trinajstić information content (AvgIpc) is 3.60. The van der Waals surface area contributed by atoms with Crippen LogP contribution in [0, 0.1) is 0 Å². The Morgan fingerprint density at radius 3 is 1.61 bits per heavy atom. The van der Waals surface area contributed by atoms with Crippen molar-refractivity contribution in [2.24, 2.45) is 0 Å². The van der Waals surface area contributed by atoms with E-state index in [4.69, 9.17) is 0 Å². The van der Waals surface area contributed by atoms with Crippen molar-refractivity contribution < 1.29 is 0 Å². The molecule has 1 aromatic heterocycles. The van der Waals surface area contributed by atoms with Crippen molar-refractivity contribution in [3.05, 3.63) is 218 Å². The van der Waals surface area contributed by atoms with Crippen LogP contribution < -0.4 is 4.90 Å². The Hall–Kier alpha value is -7.16. The third kappa shape index (κ3) is 5.36. The van der Waals surface area contributed by atoms with E-state index in [1.807, 2.05) is 0 Å². The smallest absolute Gasteiger partial charge is 0.0562 e. The van der Waals surface area contributed by atoms with Crippen LogP contribution in [0.1, 0.15) is 0 Å². The average molecular weight is 689 g/mol. The summed E-state index contributed by atoms with van der Waals surface area (Å²) in [5.74, 6) is 0. The normalized spacial score (nSPS) is 11.3. The van der Waals surface area contributed by atoms with Gasteiger partial charge in [-0.15, -0.1) is 0 Å². The van der Waals surface area contributed by atoms with Crippen molar-refractivity contribution in [2.75, 3.05) is 4.90 Å². The fourth-order valence-corrected chi connectivity index (χ4v) is 8.20. The van der Waals surface area contributed by atoms with Crippen LogP contribution in [0.2, 0.25) is 0 Å². The van der Waals surface area contributed by atoms with E-state index in [0.717, 1.165) is 22.7 Å². The minimum Gasteiger partial charge on any atom is -0.309 e. The minimum atomic E-state index is 1.09. The largest absolute Gasteiger partial charge is 0.309 e. The molecule has 0 bridgehead atoms. The van der Waals surface area contributed by atoms with Crippen LogP contribution in [0.15, 0.2) is 218 Å². The zero-order valence-electron chi connectivity index (χ0n) is 29.7. The maximum absolute atomic E-state index is 2.47. The second-order valence-corrected chi connectivity index (χ2v) is 13.7. The van der Waals surface area contributed by atoms with E-state index in [0.29, 0.717) is 0 Å². The second kappa shape index (κ2) is 13.4. The molecule has 0 spiro atoms. The highest BCUT2D eigenvalue weighted by Gasteiger charge is 2.24. The lowest BCUT2D eigenvalue weighted by molar-refractivity contribution is 1.18. The molecule has 2 nitrogen and oxygen atoms in total. The van der Waals surface area contributed by atoms with Gasteiger partial charge in [-0.1, -0.05) is 170 Å². The van der Waals surface area contributed by atoms with Crippen LogP contribution in [0.5, 0.6) is 0 Å². The topological polar surface area (TPSA) is 8.17 Å². The molecule has 0 aliphatic heterocycles. The van der Waals surface area contributed by atoms with Gasteiger partial charge in [0.2, 0.25) is 0 Å². The van der Waals surface area contributed by atoms with Gasteiger partial charge in [-0.05, 0) is 87.1 Å². The van der Waals surface area contributed by atoms with Gasteiger partial charge in [0.1, 0.15) is 0 Å². The summed E-state index contributed by atoms with van der Waals surface area (Å²) in [7, 11) is 0. The maximum Gasteiger partial charge on any atom is 0.0562 e. The Morgan fingerprint density at radius 1 is 0.315 bits per heavy atom. The molecular weight excluding hydrogens is 653 g/mol. The summed E-state index contributed by atoms with van der Waals surface area (Å²) in [6, 6.07) is 78.9. The number of para-hydroxylation sites is 3. The zero-order valence-corrected chi connectivity index (χ0v) is 29.7. The van der Waals surface area contributed by atoms with Gasteiger partial charge < -0.3 is 9.47 Å². The van der Waals surface area contributed by atoms with E-state index in [-0.39, 0.29) is 0 Å². The Kier molecular flexibility index (Phi) is 7.85. The highest BCUT2D eigenvalue weighted by atomic mass is 15.2. The predicted molar refractivity (Wildman–Crippen MR) is 229 cm³/mol. The summed E-state index contributed by atoms with van der Waals surface area (Å²) in [5.41, 5.74) is 14.0. The number of anilines is 3. The van der Waals surface area contributed by atoms with Crippen molar-refractivity contribution in [2.45, 2.75) is 0 Å². The number of nitrogens with zero attached hydrogens (tertiary/aromatic N) is 2. The summed E-state index contributed by atoms with van der Waals surface area (Å²) < 4.78 is 2.40. The van der Waals surface area contributed by atoms with Crippen molar-refractivity contribution in [3.63, 3.8) is 0 Å². The molecule has 0 radical (unpaired) electrons. The summed E-state index contributed by atoms with van der Waals surface area (Å²) >= 11 is 0. The molecule has 254 valence electrons. The van der Waals surface area contributed by atoms with Gasteiger partial charge in [0.15, 0.2) is 0 Å². The summed E-state index contributed by atoms with van der Waals surface area (Å²) in [5, 5.41) is 4.89. The molecule has 0 aliphatic rings.